The van der Waals surface area contributed by atoms with Gasteiger partial charge < -0.3 is 19.7 Å². The van der Waals surface area contributed by atoms with Crippen molar-refractivity contribution in [3.63, 3.8) is 0 Å². The number of piperidine rings is 1. The fourth-order valence-corrected chi connectivity index (χ4v) is 4.86. The molecule has 1 amide bonds. The van der Waals surface area contributed by atoms with E-state index >= 15 is 0 Å². The smallest absolute Gasteiger partial charge is 0.410 e. The number of hydrogen-bond acceptors (Lipinski definition) is 7. The first-order chi connectivity index (χ1) is 13.3. The van der Waals surface area contributed by atoms with Gasteiger partial charge in [-0.15, -0.1) is 0 Å². The van der Waals surface area contributed by atoms with Gasteiger partial charge in [0.05, 0.1) is 19.0 Å². The maximum Gasteiger partial charge on any atom is 0.410 e. The monoisotopic (exact) mass is 419 g/mol. The molecule has 162 valence electrons. The maximum atomic E-state index is 12.0. The number of carbonyl (C=O) groups is 2. The second-order valence-corrected chi connectivity index (χ2v) is 9.27. The van der Waals surface area contributed by atoms with Crippen LogP contribution >= 0.6 is 0 Å². The molecule has 28 heavy (non-hydrogen) atoms. The molecule has 2 fully saturated rings. The molecule has 1 saturated heterocycles. The second-order valence-electron chi connectivity index (χ2n) is 7.49. The van der Waals surface area contributed by atoms with Gasteiger partial charge in [0.15, 0.2) is 6.29 Å². The summed E-state index contributed by atoms with van der Waals surface area (Å²) in [5, 5.41) is 3.35. The fourth-order valence-electron chi connectivity index (χ4n) is 4.03. The van der Waals surface area contributed by atoms with Crippen molar-refractivity contribution in [1.29, 1.82) is 0 Å². The molecule has 0 aromatic carbocycles. The van der Waals surface area contributed by atoms with Gasteiger partial charge in [-0.05, 0) is 52.0 Å². The zero-order chi connectivity index (χ0) is 20.6. The number of nitrogens with one attached hydrogen (secondary N) is 2. The minimum absolute atomic E-state index is 0.0355. The van der Waals surface area contributed by atoms with Crippen LogP contribution in [0.2, 0.25) is 0 Å². The predicted octanol–water partition coefficient (Wildman–Crippen LogP) is 0.641. The Morgan fingerprint density at radius 3 is 2.57 bits per heavy atom. The average Bonchev–Trinajstić information content (AvgIpc) is 2.66. The van der Waals surface area contributed by atoms with Crippen molar-refractivity contribution in [1.82, 2.24) is 14.9 Å². The Hall–Kier alpha value is -1.23. The van der Waals surface area contributed by atoms with Crippen LogP contribution in [-0.2, 0) is 24.3 Å². The van der Waals surface area contributed by atoms with Crippen LogP contribution in [0.15, 0.2) is 0 Å². The molecule has 0 aromatic rings. The molecule has 0 unspecified atom stereocenters. The Bertz CT molecular complexity index is 606. The molecule has 10 heteroatoms. The summed E-state index contributed by atoms with van der Waals surface area (Å²) in [7, 11) is -3.25. The molecule has 0 spiro atoms. The highest BCUT2D eigenvalue weighted by atomic mass is 32.2. The average molecular weight is 420 g/mol. The molecule has 0 aromatic heterocycles. The predicted molar refractivity (Wildman–Crippen MR) is 105 cm³/mol. The highest BCUT2D eigenvalue weighted by Crippen LogP contribution is 2.26. The van der Waals surface area contributed by atoms with Gasteiger partial charge >= 0.3 is 6.09 Å². The summed E-state index contributed by atoms with van der Waals surface area (Å²) < 4.78 is 36.8. The van der Waals surface area contributed by atoms with E-state index < -0.39 is 16.1 Å². The molecule has 9 nitrogen and oxygen atoms in total. The zero-order valence-electron chi connectivity index (χ0n) is 16.8. The normalized spacial score (nSPS) is 28.5. The maximum absolute atomic E-state index is 12.0. The lowest BCUT2D eigenvalue weighted by Gasteiger charge is -2.37. The number of ether oxygens (including phenoxy) is 2. The Labute approximate surface area is 167 Å². The van der Waals surface area contributed by atoms with Crippen LogP contribution in [0.3, 0.4) is 0 Å². The van der Waals surface area contributed by atoms with Crippen LogP contribution in [0.25, 0.3) is 0 Å². The molecular weight excluding hydrogens is 386 g/mol. The number of nitrogens with zero attached hydrogens (tertiary/aromatic N) is 1. The van der Waals surface area contributed by atoms with Crippen LogP contribution in [-0.4, -0.2) is 82.5 Å². The lowest BCUT2D eigenvalue weighted by atomic mass is 9.91. The molecule has 2 aliphatic rings. The molecule has 2 rings (SSSR count). The third-order valence-corrected chi connectivity index (χ3v) is 6.13. The number of amides is 1. The van der Waals surface area contributed by atoms with Gasteiger partial charge in [-0.3, -0.25) is 4.79 Å². The van der Waals surface area contributed by atoms with Gasteiger partial charge in [-0.25, -0.2) is 17.9 Å². The summed E-state index contributed by atoms with van der Waals surface area (Å²) in [4.78, 5) is 24.1. The van der Waals surface area contributed by atoms with E-state index in [1.165, 1.54) is 6.26 Å². The van der Waals surface area contributed by atoms with Gasteiger partial charge in [-0.1, -0.05) is 0 Å². The first-order valence-corrected chi connectivity index (χ1v) is 11.9. The third kappa shape index (κ3) is 7.31. The highest BCUT2D eigenvalue weighted by Gasteiger charge is 2.31. The summed E-state index contributed by atoms with van der Waals surface area (Å²) in [5.41, 5.74) is 0. The van der Waals surface area contributed by atoms with Gasteiger partial charge in [0.2, 0.25) is 10.0 Å². The van der Waals surface area contributed by atoms with Crippen molar-refractivity contribution >= 4 is 22.4 Å². The summed E-state index contributed by atoms with van der Waals surface area (Å²) in [5.74, 6) is 0. The van der Waals surface area contributed by atoms with Gasteiger partial charge in [0, 0.05) is 24.7 Å². The van der Waals surface area contributed by atoms with Crippen molar-refractivity contribution in [3.8, 4) is 0 Å². The molecule has 1 heterocycles. The van der Waals surface area contributed by atoms with Crippen molar-refractivity contribution in [3.05, 3.63) is 0 Å². The summed E-state index contributed by atoms with van der Waals surface area (Å²) in [6, 6.07) is -0.0913. The SMILES string of the molecule is CCN(C(=O)OCC=O)C1CCC(OC[C@@H]2NCCC[C@@H]2NS(C)(=O)=O)CC1. The molecule has 2 N–H and O–H groups in total. The van der Waals surface area contributed by atoms with E-state index in [1.807, 2.05) is 6.92 Å². The first kappa shape index (κ1) is 23.1. The van der Waals surface area contributed by atoms with Gasteiger partial charge in [0.1, 0.15) is 6.61 Å². The van der Waals surface area contributed by atoms with E-state index in [-0.39, 0.29) is 30.8 Å². The lowest BCUT2D eigenvalue weighted by molar-refractivity contribution is -0.110. The van der Waals surface area contributed by atoms with Crippen molar-refractivity contribution in [2.24, 2.45) is 0 Å². The molecular formula is C18H33N3O6S. The van der Waals surface area contributed by atoms with Gasteiger partial charge in [0.25, 0.3) is 0 Å². The molecule has 2 atom stereocenters. The second kappa shape index (κ2) is 11.1. The topological polar surface area (TPSA) is 114 Å². The zero-order valence-corrected chi connectivity index (χ0v) is 17.6. The summed E-state index contributed by atoms with van der Waals surface area (Å²) in [6.45, 7) is 3.54. The van der Waals surface area contributed by atoms with E-state index in [9.17, 15) is 18.0 Å². The molecule has 1 aliphatic heterocycles. The van der Waals surface area contributed by atoms with E-state index in [0.717, 1.165) is 45.1 Å². The minimum atomic E-state index is -3.25. The number of hydrogen-bond donors (Lipinski definition) is 2. The van der Waals surface area contributed by atoms with Crippen LogP contribution in [0.4, 0.5) is 4.79 Å². The van der Waals surface area contributed by atoms with Crippen molar-refractivity contribution < 1.29 is 27.5 Å². The Morgan fingerprint density at radius 1 is 1.25 bits per heavy atom. The largest absolute Gasteiger partial charge is 0.442 e. The molecule has 1 aliphatic carbocycles. The van der Waals surface area contributed by atoms with Crippen molar-refractivity contribution in [2.75, 3.05) is 32.6 Å². The first-order valence-electron chi connectivity index (χ1n) is 10.0. The fraction of sp³-hybridized carbons (Fsp3) is 0.889. The molecule has 0 radical (unpaired) electrons. The van der Waals surface area contributed by atoms with E-state index in [1.54, 1.807) is 4.90 Å². The third-order valence-electron chi connectivity index (χ3n) is 5.40. The number of sulfonamides is 1. The molecule has 0 bridgehead atoms. The number of carbonyl (C=O) groups excluding carboxylic acids is 2. The van der Waals surface area contributed by atoms with Crippen LogP contribution in [0.1, 0.15) is 45.4 Å². The molecule has 1 saturated carbocycles. The Kier molecular flexibility index (Phi) is 9.13. The standard InChI is InChI=1S/C18H33N3O6S/c1-3-21(18(23)26-12-11-22)14-6-8-15(9-7-14)27-13-17-16(5-4-10-19-17)20-28(2,24)25/h11,14-17,19-20H,3-10,12-13H2,1-2H3/t14?,15?,16-,17-/m0/s1. The summed E-state index contributed by atoms with van der Waals surface area (Å²) in [6.07, 6.45) is 6.44. The minimum Gasteiger partial charge on any atom is -0.442 e. The van der Waals surface area contributed by atoms with Crippen molar-refractivity contribution in [2.45, 2.75) is 69.7 Å². The van der Waals surface area contributed by atoms with E-state index in [4.69, 9.17) is 9.47 Å². The van der Waals surface area contributed by atoms with Crippen LogP contribution < -0.4 is 10.0 Å². The number of rotatable bonds is 9. The summed E-state index contributed by atoms with van der Waals surface area (Å²) >= 11 is 0. The highest BCUT2D eigenvalue weighted by molar-refractivity contribution is 7.88. The number of aldehydes is 1. The Morgan fingerprint density at radius 2 is 1.96 bits per heavy atom. The van der Waals surface area contributed by atoms with Crippen LogP contribution in [0, 0.1) is 0 Å². The van der Waals surface area contributed by atoms with E-state index in [0.29, 0.717) is 19.4 Å². The quantitative estimate of drug-likeness (QED) is 0.527. The van der Waals surface area contributed by atoms with E-state index in [2.05, 4.69) is 10.0 Å². The van der Waals surface area contributed by atoms with Gasteiger partial charge in [-0.2, -0.15) is 0 Å². The van der Waals surface area contributed by atoms with Crippen LogP contribution in [0.5, 0.6) is 0 Å². The lowest BCUT2D eigenvalue weighted by Crippen LogP contribution is -2.55. The Balaban J connectivity index is 1.78.